The number of esters is 1. The Morgan fingerprint density at radius 2 is 1.81 bits per heavy atom. The molecular weight excluding hydrogens is 616 g/mol. The molecule has 11 heteroatoms. The molecule has 1 spiro atoms. The van der Waals surface area contributed by atoms with Gasteiger partial charge >= 0.3 is 12.1 Å². The van der Waals surface area contributed by atoms with Gasteiger partial charge in [0, 0.05) is 54.7 Å². The van der Waals surface area contributed by atoms with Gasteiger partial charge in [-0.1, -0.05) is 31.2 Å². The van der Waals surface area contributed by atoms with Crippen LogP contribution in [-0.4, -0.2) is 96.2 Å². The number of methoxy groups -OCH3 is 2. The zero-order valence-electron chi connectivity index (χ0n) is 27.7. The van der Waals surface area contributed by atoms with Gasteiger partial charge in [-0.05, 0) is 68.3 Å². The third kappa shape index (κ3) is 4.13. The third-order valence-electron chi connectivity index (χ3n) is 13.7. The van der Waals surface area contributed by atoms with Crippen molar-refractivity contribution in [3.8, 4) is 11.5 Å². The first kappa shape index (κ1) is 31.9. The molecule has 258 valence electrons. The van der Waals surface area contributed by atoms with E-state index in [9.17, 15) is 24.9 Å². The minimum absolute atomic E-state index is 0.00901. The molecule has 12 atom stereocenters. The van der Waals surface area contributed by atoms with Crippen molar-refractivity contribution in [2.75, 3.05) is 39.2 Å². The van der Waals surface area contributed by atoms with E-state index in [0.717, 1.165) is 13.0 Å². The van der Waals surface area contributed by atoms with Gasteiger partial charge in [0.1, 0.15) is 5.60 Å². The van der Waals surface area contributed by atoms with Crippen LogP contribution in [0.2, 0.25) is 0 Å². The Morgan fingerprint density at radius 1 is 1.04 bits per heavy atom. The highest BCUT2D eigenvalue weighted by molar-refractivity contribution is 5.99. The number of rotatable bonds is 8. The van der Waals surface area contributed by atoms with Crippen molar-refractivity contribution < 1.29 is 43.9 Å². The first-order valence-electron chi connectivity index (χ1n) is 17.4. The second-order valence-corrected chi connectivity index (χ2v) is 15.1. The number of amides is 1. The number of phenolic OH excluding ortho intramolecular Hbond substituents is 1. The largest absolute Gasteiger partial charge is 0.504 e. The minimum atomic E-state index is -0.831. The lowest BCUT2D eigenvalue weighted by atomic mass is 9.43. The number of nitrogens with one attached hydrogen (secondary N) is 1. The Balaban J connectivity index is 1.20. The first-order valence-corrected chi connectivity index (χ1v) is 17.4. The van der Waals surface area contributed by atoms with Crippen molar-refractivity contribution in [1.29, 1.82) is 0 Å². The lowest BCUT2D eigenvalue weighted by Gasteiger charge is -2.69. The fourth-order valence-electron chi connectivity index (χ4n) is 12.2. The Kier molecular flexibility index (Phi) is 7.52. The number of benzene rings is 2. The highest BCUT2D eigenvalue weighted by Crippen LogP contribution is 2.79. The smallest absolute Gasteiger partial charge is 0.411 e. The maximum absolute atomic E-state index is 13.7. The van der Waals surface area contributed by atoms with E-state index < -0.39 is 40.7 Å². The number of para-hydroxylation sites is 3. The van der Waals surface area contributed by atoms with Crippen molar-refractivity contribution in [3.63, 3.8) is 0 Å². The second kappa shape index (κ2) is 11.3. The molecule has 8 rings (SSSR count). The van der Waals surface area contributed by atoms with Gasteiger partial charge in [-0.2, -0.15) is 0 Å². The molecule has 5 saturated carbocycles. The SMILES string of the molecule is CCN1C[C@]2(COC(=O)c3ccccc3NC(=O)OC)CC[C@H](O)[C@@]34[C@@H]5C[C@H]6[C@H](O)[C@@H]5[C@](Oc5ccccc5O)(C[C@@H]6OC)[C@@H](C[C@H]23)[C@@H]14. The Labute approximate surface area is 280 Å². The molecule has 1 heterocycles. The molecule has 6 fully saturated rings. The summed E-state index contributed by atoms with van der Waals surface area (Å²) in [6, 6.07) is 13.8. The van der Waals surface area contributed by atoms with Gasteiger partial charge in [-0.25, -0.2) is 9.59 Å². The topological polar surface area (TPSA) is 147 Å². The number of carbonyl (C=O) groups is 2. The molecule has 5 aliphatic carbocycles. The third-order valence-corrected chi connectivity index (χ3v) is 13.7. The van der Waals surface area contributed by atoms with E-state index in [1.165, 1.54) is 7.11 Å². The van der Waals surface area contributed by atoms with Crippen LogP contribution in [0.5, 0.6) is 11.5 Å². The quantitative estimate of drug-likeness (QED) is 0.305. The Morgan fingerprint density at radius 3 is 2.56 bits per heavy atom. The van der Waals surface area contributed by atoms with Gasteiger partial charge in [0.25, 0.3) is 0 Å². The number of aliphatic hydroxyl groups excluding tert-OH is 2. The molecule has 1 aliphatic heterocycles. The first-order chi connectivity index (χ1) is 23.1. The van der Waals surface area contributed by atoms with Gasteiger partial charge in [0.15, 0.2) is 11.5 Å². The molecule has 48 heavy (non-hydrogen) atoms. The molecule has 1 amide bonds. The summed E-state index contributed by atoms with van der Waals surface area (Å²) in [5.41, 5.74) is -1.23. The van der Waals surface area contributed by atoms with Crippen LogP contribution >= 0.6 is 0 Å². The summed E-state index contributed by atoms with van der Waals surface area (Å²) < 4.78 is 24.2. The molecule has 4 N–H and O–H groups in total. The normalized spacial score (nSPS) is 41.8. The van der Waals surface area contributed by atoms with E-state index in [4.69, 9.17) is 18.9 Å². The van der Waals surface area contributed by atoms with Crippen LogP contribution < -0.4 is 10.1 Å². The lowest BCUT2D eigenvalue weighted by Crippen LogP contribution is -2.77. The highest BCUT2D eigenvalue weighted by atomic mass is 16.5. The van der Waals surface area contributed by atoms with Crippen molar-refractivity contribution in [2.24, 2.45) is 40.4 Å². The fourth-order valence-corrected chi connectivity index (χ4v) is 12.2. The van der Waals surface area contributed by atoms with E-state index in [-0.39, 0.29) is 59.7 Å². The fraction of sp³-hybridized carbons (Fsp3) is 0.622. The summed E-state index contributed by atoms with van der Waals surface area (Å²) in [5.74, 6) is -0.503. The number of aromatic hydroxyl groups is 1. The predicted molar refractivity (Wildman–Crippen MR) is 173 cm³/mol. The van der Waals surface area contributed by atoms with Crippen molar-refractivity contribution >= 4 is 17.7 Å². The average molecular weight is 663 g/mol. The second-order valence-electron chi connectivity index (χ2n) is 15.1. The van der Waals surface area contributed by atoms with Gasteiger partial charge < -0.3 is 34.3 Å². The number of piperidine rings is 1. The van der Waals surface area contributed by atoms with Crippen LogP contribution in [0.4, 0.5) is 10.5 Å². The van der Waals surface area contributed by atoms with Crippen LogP contribution in [-0.2, 0) is 14.2 Å². The van der Waals surface area contributed by atoms with E-state index in [0.29, 0.717) is 43.7 Å². The molecular formula is C37H46N2O9. The lowest BCUT2D eigenvalue weighted by molar-refractivity contribution is -0.266. The number of anilines is 1. The molecule has 0 radical (unpaired) electrons. The monoisotopic (exact) mass is 662 g/mol. The van der Waals surface area contributed by atoms with Crippen LogP contribution in [0, 0.1) is 40.4 Å². The summed E-state index contributed by atoms with van der Waals surface area (Å²) in [6.07, 6.45) is 1.17. The molecule has 2 aromatic rings. The van der Waals surface area contributed by atoms with Gasteiger partial charge in [-0.3, -0.25) is 10.2 Å². The van der Waals surface area contributed by atoms with Gasteiger partial charge in [0.05, 0.1) is 43.3 Å². The highest BCUT2D eigenvalue weighted by Gasteiger charge is 2.84. The number of likely N-dealkylation sites (tertiary alicyclic amines) is 1. The van der Waals surface area contributed by atoms with E-state index in [2.05, 4.69) is 17.1 Å². The van der Waals surface area contributed by atoms with Crippen molar-refractivity contribution in [2.45, 2.75) is 69.0 Å². The number of hydrogen-bond acceptors (Lipinski definition) is 10. The average Bonchev–Trinajstić information content (AvgIpc) is 3.51. The zero-order valence-corrected chi connectivity index (χ0v) is 27.7. The molecule has 0 aromatic heterocycles. The summed E-state index contributed by atoms with van der Waals surface area (Å²) >= 11 is 0. The van der Waals surface area contributed by atoms with Crippen LogP contribution in [0.25, 0.3) is 0 Å². The summed E-state index contributed by atoms with van der Waals surface area (Å²) in [5, 5.41) is 38.0. The number of fused-ring (bicyclic) bond motifs is 2. The number of hydrogen-bond donors (Lipinski definition) is 4. The summed E-state index contributed by atoms with van der Waals surface area (Å²) in [6.45, 7) is 3.77. The maximum atomic E-state index is 13.7. The Hall–Kier alpha value is -3.38. The van der Waals surface area contributed by atoms with Gasteiger partial charge in [-0.15, -0.1) is 0 Å². The standard InChI is InChI=1S/C37H46N2O9/c1-4-39-18-35(19-47-33(43)20-9-5-6-10-24(20)38-34(44)46-3)14-13-29(41)37-22-15-21-27(45-2)17-36(30(22)31(21)42,23(32(37)39)16-28(35)37)48-26-12-8-7-11-25(26)40/h5-12,21-23,27-32,40-42H,4,13-19H2,1-3H3,(H,38,44)/t21-,22-,23+,27+,28-,29+,30-,31+,32-,35+,36+,37-/m1/s1. The molecule has 7 bridgehead atoms. The van der Waals surface area contributed by atoms with Crippen LogP contribution in [0.3, 0.4) is 0 Å². The number of aliphatic hydroxyl groups is 2. The predicted octanol–water partition coefficient (Wildman–Crippen LogP) is 4.06. The van der Waals surface area contributed by atoms with E-state index in [1.807, 2.05) is 6.07 Å². The zero-order chi connectivity index (χ0) is 33.6. The summed E-state index contributed by atoms with van der Waals surface area (Å²) in [4.78, 5) is 28.2. The van der Waals surface area contributed by atoms with E-state index >= 15 is 0 Å². The van der Waals surface area contributed by atoms with Crippen LogP contribution in [0.1, 0.15) is 49.4 Å². The number of carbonyl (C=O) groups excluding carboxylic acids is 2. The van der Waals surface area contributed by atoms with Crippen molar-refractivity contribution in [3.05, 3.63) is 54.1 Å². The Bertz CT molecular complexity index is 1600. The number of ether oxygens (including phenoxy) is 4. The number of nitrogens with zero attached hydrogens (tertiary/aromatic N) is 1. The van der Waals surface area contributed by atoms with Gasteiger partial charge in [0.2, 0.25) is 0 Å². The molecule has 1 saturated heterocycles. The number of phenols is 1. The van der Waals surface area contributed by atoms with Crippen LogP contribution in [0.15, 0.2) is 48.5 Å². The molecule has 0 unspecified atom stereocenters. The molecule has 11 nitrogen and oxygen atoms in total. The maximum Gasteiger partial charge on any atom is 0.411 e. The molecule has 6 aliphatic rings. The van der Waals surface area contributed by atoms with E-state index in [1.54, 1.807) is 49.6 Å². The minimum Gasteiger partial charge on any atom is -0.504 e. The van der Waals surface area contributed by atoms with Crippen molar-refractivity contribution in [1.82, 2.24) is 4.90 Å². The molecule has 2 aromatic carbocycles. The summed E-state index contributed by atoms with van der Waals surface area (Å²) in [7, 11) is 2.97.